The fraction of sp³-hybridized carbons (Fsp3) is 0.435. The van der Waals surface area contributed by atoms with Crippen molar-refractivity contribution >= 4 is 6.09 Å². The molecule has 0 radical (unpaired) electrons. The summed E-state index contributed by atoms with van der Waals surface area (Å²) in [5, 5.41) is 11.2. The second-order valence-electron chi connectivity index (χ2n) is 8.27. The van der Waals surface area contributed by atoms with E-state index in [1.54, 1.807) is 4.90 Å². The van der Waals surface area contributed by atoms with E-state index in [4.69, 9.17) is 4.74 Å². The van der Waals surface area contributed by atoms with Crippen molar-refractivity contribution in [3.63, 3.8) is 0 Å². The number of rotatable bonds is 4. The molecule has 154 valence electrons. The molecule has 0 saturated carbocycles. The predicted molar refractivity (Wildman–Crippen MR) is 104 cm³/mol. The van der Waals surface area contributed by atoms with Crippen molar-refractivity contribution in [1.82, 2.24) is 4.90 Å². The van der Waals surface area contributed by atoms with Crippen molar-refractivity contribution in [3.8, 4) is 0 Å². The molecule has 4 rings (SSSR count). The SMILES string of the molecule is O=C(OCc1ccccc1)N1C2CCCC1CC(O)(Cc1cc(F)cc(F)c1)C2. The lowest BCUT2D eigenvalue weighted by Gasteiger charge is -2.51. The molecule has 1 amide bonds. The van der Waals surface area contributed by atoms with Crippen molar-refractivity contribution in [1.29, 1.82) is 0 Å². The molecular formula is C23H25F2NO3. The average molecular weight is 401 g/mol. The average Bonchev–Trinajstić information content (AvgIpc) is 2.65. The lowest BCUT2D eigenvalue weighted by Crippen LogP contribution is -2.60. The van der Waals surface area contributed by atoms with Crippen molar-refractivity contribution in [2.75, 3.05) is 0 Å². The van der Waals surface area contributed by atoms with Gasteiger partial charge in [-0.25, -0.2) is 13.6 Å². The van der Waals surface area contributed by atoms with Crippen LogP contribution in [0, 0.1) is 11.6 Å². The van der Waals surface area contributed by atoms with E-state index >= 15 is 0 Å². The Morgan fingerprint density at radius 3 is 2.28 bits per heavy atom. The van der Waals surface area contributed by atoms with Gasteiger partial charge in [0.1, 0.15) is 18.2 Å². The Bertz CT molecular complexity index is 839. The molecule has 2 aliphatic rings. The Hall–Kier alpha value is -2.47. The summed E-state index contributed by atoms with van der Waals surface area (Å²) in [4.78, 5) is 14.5. The van der Waals surface area contributed by atoms with Gasteiger partial charge < -0.3 is 14.7 Å². The van der Waals surface area contributed by atoms with Crippen LogP contribution in [0.4, 0.5) is 13.6 Å². The van der Waals surface area contributed by atoms with Gasteiger partial charge in [-0.3, -0.25) is 0 Å². The summed E-state index contributed by atoms with van der Waals surface area (Å²) >= 11 is 0. The molecule has 2 fully saturated rings. The minimum atomic E-state index is -1.09. The monoisotopic (exact) mass is 401 g/mol. The quantitative estimate of drug-likeness (QED) is 0.815. The van der Waals surface area contributed by atoms with Crippen LogP contribution >= 0.6 is 0 Å². The number of amides is 1. The highest BCUT2D eigenvalue weighted by Gasteiger charge is 2.47. The first-order valence-corrected chi connectivity index (χ1v) is 10.1. The minimum Gasteiger partial charge on any atom is -0.445 e. The molecule has 2 saturated heterocycles. The summed E-state index contributed by atoms with van der Waals surface area (Å²) in [5.41, 5.74) is 0.266. The van der Waals surface area contributed by atoms with Gasteiger partial charge in [0.2, 0.25) is 0 Å². The van der Waals surface area contributed by atoms with Gasteiger partial charge in [0.05, 0.1) is 5.60 Å². The number of carbonyl (C=O) groups excluding carboxylic acids is 1. The normalized spacial score (nSPS) is 26.2. The zero-order valence-corrected chi connectivity index (χ0v) is 16.2. The van der Waals surface area contributed by atoms with Crippen LogP contribution in [0.1, 0.15) is 43.2 Å². The van der Waals surface area contributed by atoms with Crippen LogP contribution < -0.4 is 0 Å². The summed E-state index contributed by atoms with van der Waals surface area (Å²) in [5.74, 6) is -1.29. The molecule has 2 unspecified atom stereocenters. The van der Waals surface area contributed by atoms with Gasteiger partial charge in [0.25, 0.3) is 0 Å². The summed E-state index contributed by atoms with van der Waals surface area (Å²) in [6.45, 7) is 0.211. The fourth-order valence-electron chi connectivity index (χ4n) is 4.86. The van der Waals surface area contributed by atoms with E-state index < -0.39 is 17.2 Å². The van der Waals surface area contributed by atoms with E-state index in [0.717, 1.165) is 30.9 Å². The summed E-state index contributed by atoms with van der Waals surface area (Å²) in [6.07, 6.45) is 3.13. The largest absolute Gasteiger partial charge is 0.445 e. The second kappa shape index (κ2) is 8.11. The third kappa shape index (κ3) is 4.58. The zero-order chi connectivity index (χ0) is 20.4. The number of halogens is 2. The van der Waals surface area contributed by atoms with Crippen LogP contribution in [0.15, 0.2) is 48.5 Å². The molecular weight excluding hydrogens is 376 g/mol. The van der Waals surface area contributed by atoms with Crippen LogP contribution in [-0.4, -0.2) is 33.8 Å². The first-order chi connectivity index (χ1) is 13.9. The summed E-state index contributed by atoms with van der Waals surface area (Å²) in [6, 6.07) is 12.6. The highest BCUT2D eigenvalue weighted by Crippen LogP contribution is 2.41. The van der Waals surface area contributed by atoms with Gasteiger partial charge in [-0.15, -0.1) is 0 Å². The molecule has 2 aromatic carbocycles. The Morgan fingerprint density at radius 2 is 1.66 bits per heavy atom. The number of hydrogen-bond donors (Lipinski definition) is 1. The molecule has 6 heteroatoms. The topological polar surface area (TPSA) is 49.8 Å². The number of piperidine rings is 2. The molecule has 0 aliphatic carbocycles. The summed E-state index contributed by atoms with van der Waals surface area (Å²) < 4.78 is 32.6. The second-order valence-corrected chi connectivity index (χ2v) is 8.27. The Kier molecular flexibility index (Phi) is 5.54. The first kappa shape index (κ1) is 19.8. The number of benzene rings is 2. The van der Waals surface area contributed by atoms with E-state index in [-0.39, 0.29) is 31.2 Å². The lowest BCUT2D eigenvalue weighted by atomic mass is 9.73. The Labute approximate surface area is 169 Å². The van der Waals surface area contributed by atoms with E-state index in [1.807, 2.05) is 30.3 Å². The van der Waals surface area contributed by atoms with E-state index in [9.17, 15) is 18.7 Å². The number of hydrogen-bond acceptors (Lipinski definition) is 3. The molecule has 4 nitrogen and oxygen atoms in total. The Morgan fingerprint density at radius 1 is 1.03 bits per heavy atom. The maximum absolute atomic E-state index is 13.5. The smallest absolute Gasteiger partial charge is 0.410 e. The number of nitrogens with zero attached hydrogens (tertiary/aromatic N) is 1. The third-order valence-electron chi connectivity index (χ3n) is 5.96. The number of ether oxygens (including phenoxy) is 1. The number of carbonyl (C=O) groups is 1. The van der Waals surface area contributed by atoms with Crippen LogP contribution in [0.5, 0.6) is 0 Å². The highest BCUT2D eigenvalue weighted by atomic mass is 19.1. The molecule has 2 bridgehead atoms. The fourth-order valence-corrected chi connectivity index (χ4v) is 4.86. The van der Waals surface area contributed by atoms with Gasteiger partial charge in [-0.05, 0) is 55.4 Å². The van der Waals surface area contributed by atoms with E-state index in [2.05, 4.69) is 0 Å². The third-order valence-corrected chi connectivity index (χ3v) is 5.96. The van der Waals surface area contributed by atoms with Gasteiger partial charge in [-0.2, -0.15) is 0 Å². The van der Waals surface area contributed by atoms with Crippen molar-refractivity contribution in [2.24, 2.45) is 0 Å². The maximum atomic E-state index is 13.5. The Balaban J connectivity index is 1.44. The van der Waals surface area contributed by atoms with Crippen LogP contribution in [-0.2, 0) is 17.8 Å². The van der Waals surface area contributed by atoms with Crippen LogP contribution in [0.25, 0.3) is 0 Å². The molecule has 1 N–H and O–H groups in total. The van der Waals surface area contributed by atoms with Gasteiger partial charge in [-0.1, -0.05) is 30.3 Å². The summed E-state index contributed by atoms with van der Waals surface area (Å²) in [7, 11) is 0. The first-order valence-electron chi connectivity index (χ1n) is 10.1. The lowest BCUT2D eigenvalue weighted by molar-refractivity contribution is -0.0846. The molecule has 29 heavy (non-hydrogen) atoms. The van der Waals surface area contributed by atoms with E-state index in [1.165, 1.54) is 12.1 Å². The molecule has 0 aromatic heterocycles. The molecule has 2 aliphatic heterocycles. The van der Waals surface area contributed by atoms with Gasteiger partial charge in [0, 0.05) is 24.6 Å². The van der Waals surface area contributed by atoms with Crippen molar-refractivity contribution < 1.29 is 23.4 Å². The van der Waals surface area contributed by atoms with Gasteiger partial charge >= 0.3 is 6.09 Å². The molecule has 2 atom stereocenters. The zero-order valence-electron chi connectivity index (χ0n) is 16.2. The molecule has 2 heterocycles. The molecule has 2 aromatic rings. The molecule has 0 spiro atoms. The van der Waals surface area contributed by atoms with Crippen molar-refractivity contribution in [2.45, 2.75) is 62.8 Å². The number of aliphatic hydroxyl groups is 1. The standard InChI is InChI=1S/C23H25F2NO3/c24-18-9-17(10-19(25)11-18)12-23(28)13-20-7-4-8-21(14-23)26(20)22(27)29-15-16-5-2-1-3-6-16/h1-3,5-6,9-11,20-21,28H,4,7-8,12-15H2. The van der Waals surface area contributed by atoms with Crippen molar-refractivity contribution in [3.05, 3.63) is 71.3 Å². The number of fused-ring (bicyclic) bond motifs is 2. The van der Waals surface area contributed by atoms with Gasteiger partial charge in [0.15, 0.2) is 0 Å². The van der Waals surface area contributed by atoms with Crippen LogP contribution in [0.3, 0.4) is 0 Å². The van der Waals surface area contributed by atoms with E-state index in [0.29, 0.717) is 18.4 Å². The highest BCUT2D eigenvalue weighted by molar-refractivity contribution is 5.69. The maximum Gasteiger partial charge on any atom is 0.410 e. The predicted octanol–water partition coefficient (Wildman–Crippen LogP) is 4.59. The van der Waals surface area contributed by atoms with Crippen LogP contribution in [0.2, 0.25) is 0 Å². The minimum absolute atomic E-state index is 0.130.